The summed E-state index contributed by atoms with van der Waals surface area (Å²) in [6.07, 6.45) is 7.86. The minimum atomic E-state index is -0.461. The summed E-state index contributed by atoms with van der Waals surface area (Å²) in [5, 5.41) is 0.642. The minimum Gasteiger partial charge on any atom is -0.493 e. The summed E-state index contributed by atoms with van der Waals surface area (Å²) >= 11 is 6.44. The first kappa shape index (κ1) is 24.6. The third kappa shape index (κ3) is 4.71. The molecule has 1 unspecified atom stereocenters. The number of benzene rings is 1. The van der Waals surface area contributed by atoms with Crippen LogP contribution in [0.4, 0.5) is 0 Å². The highest BCUT2D eigenvalue weighted by Crippen LogP contribution is 2.44. The molecule has 7 heteroatoms. The number of hydrogen-bond acceptors (Lipinski definition) is 5. The van der Waals surface area contributed by atoms with Gasteiger partial charge in [0.05, 0.1) is 37.8 Å². The number of fused-ring (bicyclic) bond motifs is 3. The number of halogens is 1. The number of rotatable bonds is 9. The van der Waals surface area contributed by atoms with Gasteiger partial charge in [0.1, 0.15) is 0 Å². The molecule has 1 aliphatic heterocycles. The molecule has 0 amide bonds. The lowest BCUT2D eigenvalue weighted by molar-refractivity contribution is 0.0526. The molecule has 1 aromatic carbocycles. The predicted molar refractivity (Wildman–Crippen MR) is 130 cm³/mol. The molecule has 33 heavy (non-hydrogen) atoms. The van der Waals surface area contributed by atoms with Gasteiger partial charge in [-0.1, -0.05) is 36.8 Å². The van der Waals surface area contributed by atoms with E-state index in [9.17, 15) is 9.59 Å². The highest BCUT2D eigenvalue weighted by Gasteiger charge is 2.34. The van der Waals surface area contributed by atoms with Crippen molar-refractivity contribution in [1.29, 1.82) is 0 Å². The van der Waals surface area contributed by atoms with Gasteiger partial charge in [-0.2, -0.15) is 0 Å². The molecule has 176 valence electrons. The van der Waals surface area contributed by atoms with Gasteiger partial charge in [-0.3, -0.25) is 4.79 Å². The molecule has 0 bridgehead atoms. The van der Waals surface area contributed by atoms with Crippen LogP contribution in [0.5, 0.6) is 11.5 Å². The van der Waals surface area contributed by atoms with Gasteiger partial charge >= 0.3 is 5.97 Å². The lowest BCUT2D eigenvalue weighted by Crippen LogP contribution is -2.15. The number of aryl methyl sites for hydroxylation is 1. The van der Waals surface area contributed by atoms with E-state index in [1.54, 1.807) is 21.1 Å². The summed E-state index contributed by atoms with van der Waals surface area (Å²) in [5.74, 6) is 0.440. The fourth-order valence-corrected chi connectivity index (χ4v) is 4.68. The first-order valence-corrected chi connectivity index (χ1v) is 11.4. The van der Waals surface area contributed by atoms with E-state index < -0.39 is 5.97 Å². The van der Waals surface area contributed by atoms with Crippen molar-refractivity contribution in [2.45, 2.75) is 46.1 Å². The molecule has 0 saturated carbocycles. The van der Waals surface area contributed by atoms with Gasteiger partial charge in [-0.25, -0.2) is 4.79 Å². The van der Waals surface area contributed by atoms with Crippen LogP contribution >= 0.6 is 11.6 Å². The molecule has 2 heterocycles. The van der Waals surface area contributed by atoms with Gasteiger partial charge in [-0.05, 0) is 38.0 Å². The van der Waals surface area contributed by atoms with Crippen LogP contribution in [0, 0.1) is 0 Å². The van der Waals surface area contributed by atoms with Crippen molar-refractivity contribution in [1.82, 2.24) is 4.57 Å². The maximum absolute atomic E-state index is 13.2. The summed E-state index contributed by atoms with van der Waals surface area (Å²) in [7, 11) is 3.16. The first-order valence-electron chi connectivity index (χ1n) is 11.0. The molecule has 6 nitrogen and oxygen atoms in total. The van der Waals surface area contributed by atoms with Crippen molar-refractivity contribution in [2.24, 2.45) is 0 Å². The smallest absolute Gasteiger partial charge is 0.340 e. The van der Waals surface area contributed by atoms with Crippen LogP contribution in [0.1, 0.15) is 65.1 Å². The number of aromatic nitrogens is 1. The third-order valence-electron chi connectivity index (χ3n) is 5.84. The summed E-state index contributed by atoms with van der Waals surface area (Å²) in [6, 6.07) is 3.79. The van der Waals surface area contributed by atoms with E-state index >= 15 is 0 Å². The van der Waals surface area contributed by atoms with E-state index in [1.807, 2.05) is 48.8 Å². The Balaban J connectivity index is 2.31. The molecule has 3 rings (SSSR count). The number of allylic oxidation sites excluding steroid dienone is 4. The van der Waals surface area contributed by atoms with E-state index in [2.05, 4.69) is 0 Å². The van der Waals surface area contributed by atoms with Crippen LogP contribution in [0.3, 0.4) is 0 Å². The van der Waals surface area contributed by atoms with Crippen LogP contribution in [-0.2, 0) is 17.7 Å². The number of aldehydes is 1. The fourth-order valence-electron chi connectivity index (χ4n) is 4.40. The van der Waals surface area contributed by atoms with E-state index in [0.29, 0.717) is 58.4 Å². The zero-order valence-corrected chi connectivity index (χ0v) is 20.5. The quantitative estimate of drug-likeness (QED) is 0.258. The summed E-state index contributed by atoms with van der Waals surface area (Å²) < 4.78 is 18.3. The zero-order chi connectivity index (χ0) is 24.1. The van der Waals surface area contributed by atoms with Crippen molar-refractivity contribution < 1.29 is 23.8 Å². The average molecular weight is 472 g/mol. The van der Waals surface area contributed by atoms with Gasteiger partial charge < -0.3 is 18.8 Å². The van der Waals surface area contributed by atoms with Crippen molar-refractivity contribution in [3.8, 4) is 22.8 Å². The molecular formula is C26H30ClNO5. The Morgan fingerprint density at radius 2 is 1.94 bits per heavy atom. The fraction of sp³-hybridized carbons (Fsp3) is 0.385. The normalized spacial score (nSPS) is 13.9. The minimum absolute atomic E-state index is 0.227. The number of carbonyl (C=O) groups is 2. The maximum Gasteiger partial charge on any atom is 0.340 e. The number of hydrogen-bond donors (Lipinski definition) is 0. The average Bonchev–Trinajstić information content (AvgIpc) is 3.16. The SMILES string of the molecule is C/C=C\C/C(Cl)=C\C(C)c1c(C(=O)OCC)c2n(c1C=O)CCc1cc(OC)c(OC)cc1-2. The highest BCUT2D eigenvalue weighted by molar-refractivity contribution is 6.29. The second-order valence-electron chi connectivity index (χ2n) is 7.80. The van der Waals surface area contributed by atoms with E-state index in [0.717, 1.165) is 17.4 Å². The van der Waals surface area contributed by atoms with Crippen LogP contribution in [0.25, 0.3) is 11.3 Å². The Hall–Kier alpha value is -2.99. The number of esters is 1. The molecule has 0 radical (unpaired) electrons. The second kappa shape index (κ2) is 10.8. The summed E-state index contributed by atoms with van der Waals surface area (Å²) in [6.45, 7) is 6.41. The number of carbonyl (C=O) groups excluding carboxylic acids is 2. The Kier molecular flexibility index (Phi) is 8.03. The highest BCUT2D eigenvalue weighted by atomic mass is 35.5. The first-order chi connectivity index (χ1) is 15.9. The van der Waals surface area contributed by atoms with Gasteiger partial charge in [0.15, 0.2) is 17.8 Å². The molecule has 0 aliphatic carbocycles. The molecule has 0 saturated heterocycles. The van der Waals surface area contributed by atoms with E-state index in [-0.39, 0.29) is 12.5 Å². The Labute approximate surface area is 199 Å². The number of nitrogens with zero attached hydrogens (tertiary/aromatic N) is 1. The Bertz CT molecular complexity index is 1110. The Morgan fingerprint density at radius 3 is 2.55 bits per heavy atom. The summed E-state index contributed by atoms with van der Waals surface area (Å²) in [4.78, 5) is 25.6. The molecule has 1 aliphatic rings. The maximum atomic E-state index is 13.2. The van der Waals surface area contributed by atoms with E-state index in [1.165, 1.54) is 0 Å². The van der Waals surface area contributed by atoms with Gasteiger partial charge in [0.25, 0.3) is 0 Å². The van der Waals surface area contributed by atoms with Crippen LogP contribution < -0.4 is 9.47 Å². The topological polar surface area (TPSA) is 66.8 Å². The molecule has 1 aromatic heterocycles. The number of methoxy groups -OCH3 is 2. The molecule has 2 aromatic rings. The molecule has 1 atom stereocenters. The van der Waals surface area contributed by atoms with Crippen molar-refractivity contribution >= 4 is 23.9 Å². The molecule has 0 N–H and O–H groups in total. The predicted octanol–water partition coefficient (Wildman–Crippen LogP) is 5.91. The van der Waals surface area contributed by atoms with Crippen LogP contribution in [0.15, 0.2) is 35.4 Å². The number of ether oxygens (including phenoxy) is 3. The zero-order valence-electron chi connectivity index (χ0n) is 19.7. The Morgan fingerprint density at radius 1 is 1.24 bits per heavy atom. The van der Waals surface area contributed by atoms with Crippen LogP contribution in [0.2, 0.25) is 0 Å². The van der Waals surface area contributed by atoms with Crippen molar-refractivity contribution in [3.05, 3.63) is 57.8 Å². The summed E-state index contributed by atoms with van der Waals surface area (Å²) in [5.41, 5.74) is 3.99. The van der Waals surface area contributed by atoms with Crippen LogP contribution in [-0.4, -0.2) is 37.6 Å². The monoisotopic (exact) mass is 471 g/mol. The standard InChI is InChI=1S/C26H30ClNO5/c1-6-8-9-18(27)12-16(3)23-20(15-29)28-11-10-17-13-21(31-4)22(32-5)14-19(17)25(28)24(23)26(30)33-7-2/h6,8,12-16H,7,9-11H2,1-5H3/b8-6-,18-12+. The molecule has 0 fully saturated rings. The third-order valence-corrected chi connectivity index (χ3v) is 6.12. The lowest BCUT2D eigenvalue weighted by atomic mass is 9.91. The van der Waals surface area contributed by atoms with Crippen molar-refractivity contribution in [2.75, 3.05) is 20.8 Å². The second-order valence-corrected chi connectivity index (χ2v) is 8.29. The van der Waals surface area contributed by atoms with Gasteiger partial charge in [-0.15, -0.1) is 0 Å². The molecular weight excluding hydrogens is 442 g/mol. The van der Waals surface area contributed by atoms with Gasteiger partial charge in [0, 0.05) is 35.0 Å². The van der Waals surface area contributed by atoms with E-state index in [4.69, 9.17) is 25.8 Å². The van der Waals surface area contributed by atoms with Crippen molar-refractivity contribution in [3.63, 3.8) is 0 Å². The lowest BCUT2D eigenvalue weighted by Gasteiger charge is -2.23. The molecule has 0 spiro atoms. The van der Waals surface area contributed by atoms with Gasteiger partial charge in [0.2, 0.25) is 0 Å². The largest absolute Gasteiger partial charge is 0.493 e.